The van der Waals surface area contributed by atoms with E-state index in [0.29, 0.717) is 11.1 Å². The zero-order chi connectivity index (χ0) is 13.3. The molecule has 0 spiro atoms. The van der Waals surface area contributed by atoms with Crippen LogP contribution < -0.4 is 5.73 Å². The molecule has 0 amide bonds. The summed E-state index contributed by atoms with van der Waals surface area (Å²) in [5.74, 6) is -1.50. The summed E-state index contributed by atoms with van der Waals surface area (Å²) < 4.78 is 13.3. The number of carboxylic acid groups (broad SMARTS) is 1. The molecule has 0 saturated heterocycles. The van der Waals surface area contributed by atoms with Crippen LogP contribution in [0.25, 0.3) is 11.1 Å². The van der Waals surface area contributed by atoms with Gasteiger partial charge in [-0.05, 0) is 42.3 Å². The van der Waals surface area contributed by atoms with E-state index in [2.05, 4.69) is 4.98 Å². The van der Waals surface area contributed by atoms with Crippen LogP contribution in [0.2, 0.25) is 0 Å². The zero-order valence-electron chi connectivity index (χ0n) is 9.64. The third-order valence-electron chi connectivity index (χ3n) is 2.61. The number of nitrogens with two attached hydrogens (primary N) is 1. The standard InChI is InChI=1S/C13H11FN2O2/c1-7-2-3-8(14)6-10(7)9-4-5-11(15)16-12(9)13(17)18/h2-6H,1H3,(H2,15,16)(H,17,18). The van der Waals surface area contributed by atoms with Crippen molar-refractivity contribution in [2.24, 2.45) is 0 Å². The summed E-state index contributed by atoms with van der Waals surface area (Å²) in [6, 6.07) is 7.23. The number of nitrogen functional groups attached to an aromatic ring is 1. The normalized spacial score (nSPS) is 10.3. The average Bonchev–Trinajstić information content (AvgIpc) is 2.32. The number of pyridine rings is 1. The lowest BCUT2D eigenvalue weighted by molar-refractivity contribution is 0.0691. The van der Waals surface area contributed by atoms with Crippen molar-refractivity contribution in [1.82, 2.24) is 4.98 Å². The zero-order valence-corrected chi connectivity index (χ0v) is 9.64. The number of hydrogen-bond donors (Lipinski definition) is 2. The van der Waals surface area contributed by atoms with Crippen LogP contribution in [0, 0.1) is 12.7 Å². The molecule has 0 aliphatic heterocycles. The summed E-state index contributed by atoms with van der Waals surface area (Å²) in [4.78, 5) is 14.9. The van der Waals surface area contributed by atoms with E-state index in [-0.39, 0.29) is 11.5 Å². The molecule has 5 heteroatoms. The fraction of sp³-hybridized carbons (Fsp3) is 0.0769. The minimum Gasteiger partial charge on any atom is -0.476 e. The Kier molecular flexibility index (Phi) is 2.97. The Morgan fingerprint density at radius 2 is 2.00 bits per heavy atom. The van der Waals surface area contributed by atoms with Gasteiger partial charge in [0.05, 0.1) is 0 Å². The molecular weight excluding hydrogens is 235 g/mol. The van der Waals surface area contributed by atoms with E-state index < -0.39 is 11.8 Å². The molecular formula is C13H11FN2O2. The van der Waals surface area contributed by atoms with Crippen LogP contribution in [-0.4, -0.2) is 16.1 Å². The molecule has 0 radical (unpaired) electrons. The van der Waals surface area contributed by atoms with Crippen molar-refractivity contribution in [3.05, 3.63) is 47.4 Å². The maximum absolute atomic E-state index is 13.3. The average molecular weight is 246 g/mol. The Balaban J connectivity index is 2.70. The van der Waals surface area contributed by atoms with Crippen LogP contribution in [-0.2, 0) is 0 Å². The molecule has 2 rings (SSSR count). The molecule has 0 unspecified atom stereocenters. The summed E-state index contributed by atoms with van der Waals surface area (Å²) in [5, 5.41) is 9.10. The molecule has 0 fully saturated rings. The Hall–Kier alpha value is -2.43. The second kappa shape index (κ2) is 4.44. The number of rotatable bonds is 2. The summed E-state index contributed by atoms with van der Waals surface area (Å²) in [5.41, 5.74) is 6.91. The highest BCUT2D eigenvalue weighted by Crippen LogP contribution is 2.27. The predicted octanol–water partition coefficient (Wildman–Crippen LogP) is 2.48. The van der Waals surface area contributed by atoms with Crippen LogP contribution in [0.1, 0.15) is 16.1 Å². The number of carboxylic acids is 1. The van der Waals surface area contributed by atoms with E-state index >= 15 is 0 Å². The lowest BCUT2D eigenvalue weighted by atomic mass is 9.99. The first-order valence-electron chi connectivity index (χ1n) is 5.25. The highest BCUT2D eigenvalue weighted by molar-refractivity contribution is 5.94. The van der Waals surface area contributed by atoms with Gasteiger partial charge >= 0.3 is 5.97 Å². The van der Waals surface area contributed by atoms with Gasteiger partial charge in [0.2, 0.25) is 0 Å². The molecule has 1 heterocycles. The monoisotopic (exact) mass is 246 g/mol. The van der Waals surface area contributed by atoms with Crippen molar-refractivity contribution < 1.29 is 14.3 Å². The molecule has 1 aromatic heterocycles. The van der Waals surface area contributed by atoms with Crippen molar-refractivity contribution in [3.63, 3.8) is 0 Å². The smallest absolute Gasteiger partial charge is 0.355 e. The molecule has 92 valence electrons. The third kappa shape index (κ3) is 2.15. The number of aromatic carboxylic acids is 1. The Morgan fingerprint density at radius 1 is 1.28 bits per heavy atom. The molecule has 0 aliphatic rings. The third-order valence-corrected chi connectivity index (χ3v) is 2.61. The number of anilines is 1. The molecule has 2 aromatic rings. The summed E-state index contributed by atoms with van der Waals surface area (Å²) >= 11 is 0. The SMILES string of the molecule is Cc1ccc(F)cc1-c1ccc(N)nc1C(=O)O. The van der Waals surface area contributed by atoms with Gasteiger partial charge in [0.15, 0.2) is 5.69 Å². The Bertz CT molecular complexity index is 626. The van der Waals surface area contributed by atoms with Crippen molar-refractivity contribution in [2.45, 2.75) is 6.92 Å². The fourth-order valence-electron chi connectivity index (χ4n) is 1.74. The van der Waals surface area contributed by atoms with Gasteiger partial charge < -0.3 is 10.8 Å². The van der Waals surface area contributed by atoms with Crippen LogP contribution >= 0.6 is 0 Å². The first-order chi connectivity index (χ1) is 8.49. The van der Waals surface area contributed by atoms with Gasteiger partial charge in [-0.2, -0.15) is 0 Å². The first kappa shape index (κ1) is 12.0. The number of halogens is 1. The van der Waals surface area contributed by atoms with E-state index in [1.807, 2.05) is 0 Å². The largest absolute Gasteiger partial charge is 0.476 e. The molecule has 1 aromatic carbocycles. The van der Waals surface area contributed by atoms with Crippen LogP contribution in [0.5, 0.6) is 0 Å². The maximum Gasteiger partial charge on any atom is 0.355 e. The summed E-state index contributed by atoms with van der Waals surface area (Å²) in [6.07, 6.45) is 0. The van der Waals surface area contributed by atoms with Gasteiger partial charge in [-0.1, -0.05) is 6.07 Å². The van der Waals surface area contributed by atoms with E-state index in [9.17, 15) is 9.18 Å². The molecule has 18 heavy (non-hydrogen) atoms. The molecule has 0 atom stereocenters. The van der Waals surface area contributed by atoms with E-state index in [1.54, 1.807) is 13.0 Å². The topological polar surface area (TPSA) is 76.2 Å². The minimum absolute atomic E-state index is 0.116. The molecule has 0 saturated carbocycles. The number of benzene rings is 1. The number of hydrogen-bond acceptors (Lipinski definition) is 3. The number of carbonyl (C=O) groups is 1. The van der Waals surface area contributed by atoms with Gasteiger partial charge in [0, 0.05) is 5.56 Å². The van der Waals surface area contributed by atoms with Crippen LogP contribution in [0.15, 0.2) is 30.3 Å². The van der Waals surface area contributed by atoms with Gasteiger partial charge in [0.1, 0.15) is 11.6 Å². The Morgan fingerprint density at radius 3 is 2.67 bits per heavy atom. The second-order valence-electron chi connectivity index (χ2n) is 3.90. The van der Waals surface area contributed by atoms with Crippen LogP contribution in [0.3, 0.4) is 0 Å². The Labute approximate surface area is 103 Å². The van der Waals surface area contributed by atoms with Gasteiger partial charge in [-0.3, -0.25) is 0 Å². The van der Waals surface area contributed by atoms with Crippen molar-refractivity contribution >= 4 is 11.8 Å². The molecule has 3 N–H and O–H groups in total. The van der Waals surface area contributed by atoms with Crippen molar-refractivity contribution in [1.29, 1.82) is 0 Å². The van der Waals surface area contributed by atoms with E-state index in [0.717, 1.165) is 5.56 Å². The molecule has 4 nitrogen and oxygen atoms in total. The van der Waals surface area contributed by atoms with Gasteiger partial charge in [-0.15, -0.1) is 0 Å². The molecule has 0 bridgehead atoms. The lowest BCUT2D eigenvalue weighted by Gasteiger charge is -2.09. The number of aryl methyl sites for hydroxylation is 1. The molecule has 0 aliphatic carbocycles. The predicted molar refractivity (Wildman–Crippen MR) is 65.7 cm³/mol. The minimum atomic E-state index is -1.19. The first-order valence-corrected chi connectivity index (χ1v) is 5.25. The van der Waals surface area contributed by atoms with E-state index in [4.69, 9.17) is 10.8 Å². The highest BCUT2D eigenvalue weighted by atomic mass is 19.1. The van der Waals surface area contributed by atoms with Gasteiger partial charge in [0.25, 0.3) is 0 Å². The quantitative estimate of drug-likeness (QED) is 0.853. The van der Waals surface area contributed by atoms with Gasteiger partial charge in [-0.25, -0.2) is 14.2 Å². The highest BCUT2D eigenvalue weighted by Gasteiger charge is 2.15. The summed E-state index contributed by atoms with van der Waals surface area (Å²) in [7, 11) is 0. The van der Waals surface area contributed by atoms with Crippen LogP contribution in [0.4, 0.5) is 10.2 Å². The van der Waals surface area contributed by atoms with Crippen molar-refractivity contribution in [2.75, 3.05) is 5.73 Å². The van der Waals surface area contributed by atoms with E-state index in [1.165, 1.54) is 24.3 Å². The second-order valence-corrected chi connectivity index (χ2v) is 3.90. The lowest BCUT2D eigenvalue weighted by Crippen LogP contribution is -2.06. The fourth-order valence-corrected chi connectivity index (χ4v) is 1.74. The number of nitrogens with zero attached hydrogens (tertiary/aromatic N) is 1. The number of aromatic nitrogens is 1. The summed E-state index contributed by atoms with van der Waals surface area (Å²) in [6.45, 7) is 1.77. The maximum atomic E-state index is 13.3. The van der Waals surface area contributed by atoms with Crippen molar-refractivity contribution in [3.8, 4) is 11.1 Å².